The molecule has 0 spiro atoms. The van der Waals surface area contributed by atoms with Gasteiger partial charge >= 0.3 is 0 Å². The molecule has 2 aromatic rings. The molecule has 0 atom stereocenters. The highest BCUT2D eigenvalue weighted by Crippen LogP contribution is 2.43. The van der Waals surface area contributed by atoms with Gasteiger partial charge in [-0.2, -0.15) is 0 Å². The number of sulfonamides is 1. The molecule has 2 N–H and O–H groups in total. The number of thiocarbonyl (C=S) groups is 1. The van der Waals surface area contributed by atoms with Crippen molar-refractivity contribution >= 4 is 43.3 Å². The van der Waals surface area contributed by atoms with Gasteiger partial charge in [-0.1, -0.05) is 28.1 Å². The fourth-order valence-electron chi connectivity index (χ4n) is 3.64. The van der Waals surface area contributed by atoms with Gasteiger partial charge < -0.3 is 10.1 Å². The maximum absolute atomic E-state index is 13.2. The number of ether oxygens (including phenoxy) is 1. The van der Waals surface area contributed by atoms with E-state index < -0.39 is 10.0 Å². The van der Waals surface area contributed by atoms with Crippen molar-refractivity contribution in [3.63, 3.8) is 0 Å². The van der Waals surface area contributed by atoms with Gasteiger partial charge in [-0.25, -0.2) is 8.42 Å². The van der Waals surface area contributed by atoms with Crippen LogP contribution in [-0.4, -0.2) is 19.1 Å². The van der Waals surface area contributed by atoms with Crippen molar-refractivity contribution in [1.29, 1.82) is 0 Å². The molecule has 0 aliphatic carbocycles. The highest BCUT2D eigenvalue weighted by molar-refractivity contribution is 9.10. The molecule has 0 unspecified atom stereocenters. The number of hydrogen-bond donors (Lipinski definition) is 2. The zero-order valence-corrected chi connectivity index (χ0v) is 20.4. The number of fused-ring (bicyclic) bond motifs is 1. The van der Waals surface area contributed by atoms with Crippen molar-refractivity contribution in [3.8, 4) is 5.75 Å². The number of rotatable bonds is 4. The predicted octanol–water partition coefficient (Wildman–Crippen LogP) is 4.44. The summed E-state index contributed by atoms with van der Waals surface area (Å²) in [6.07, 6.45) is 0.671. The number of benzene rings is 2. The van der Waals surface area contributed by atoms with Crippen molar-refractivity contribution in [2.24, 2.45) is 0 Å². The molecule has 5 nitrogen and oxygen atoms in total. The Balaban J connectivity index is 1.83. The summed E-state index contributed by atoms with van der Waals surface area (Å²) in [5.74, 6) is 0.805. The van der Waals surface area contributed by atoms with Crippen LogP contribution in [-0.2, 0) is 23.0 Å². The van der Waals surface area contributed by atoms with Gasteiger partial charge in [0.2, 0.25) is 0 Å². The first-order valence-electron chi connectivity index (χ1n) is 9.28. The Morgan fingerprint density at radius 2 is 1.76 bits per heavy atom. The fraction of sp³-hybridized carbons (Fsp3) is 0.381. The third-order valence-corrected chi connectivity index (χ3v) is 7.68. The molecule has 1 aliphatic heterocycles. The molecular weight excluding hydrogens is 472 g/mol. The van der Waals surface area contributed by atoms with Crippen molar-refractivity contribution in [3.05, 3.63) is 56.6 Å². The van der Waals surface area contributed by atoms with E-state index in [9.17, 15) is 8.42 Å². The standard InChI is InChI=1S/C21H25BrN2O3S2/c1-12-13(2)19(14(3)17-10-21(4,5)27-18(12)17)29(25,26)24-20(28)23-11-15-6-8-16(22)9-7-15/h6-9H,10-11H2,1-5H3,(H2,23,24,28). The minimum absolute atomic E-state index is 0.0708. The summed E-state index contributed by atoms with van der Waals surface area (Å²) in [6.45, 7) is 9.99. The lowest BCUT2D eigenvalue weighted by molar-refractivity contribution is 0.137. The Morgan fingerprint density at radius 1 is 1.14 bits per heavy atom. The minimum atomic E-state index is -3.83. The van der Waals surface area contributed by atoms with E-state index in [1.54, 1.807) is 0 Å². The van der Waals surface area contributed by atoms with Gasteiger partial charge in [-0.3, -0.25) is 4.72 Å². The first-order valence-corrected chi connectivity index (χ1v) is 12.0. The molecule has 29 heavy (non-hydrogen) atoms. The zero-order chi connectivity index (χ0) is 21.6. The molecule has 8 heteroatoms. The van der Waals surface area contributed by atoms with Gasteiger partial charge in [0.25, 0.3) is 10.0 Å². The second-order valence-electron chi connectivity index (χ2n) is 7.96. The van der Waals surface area contributed by atoms with Crippen molar-refractivity contribution < 1.29 is 13.2 Å². The lowest BCUT2D eigenvalue weighted by Crippen LogP contribution is -2.39. The lowest BCUT2D eigenvalue weighted by atomic mass is 9.94. The van der Waals surface area contributed by atoms with Crippen LogP contribution in [0.5, 0.6) is 5.75 Å². The zero-order valence-electron chi connectivity index (χ0n) is 17.1. The first kappa shape index (κ1) is 22.1. The van der Waals surface area contributed by atoms with Gasteiger partial charge in [-0.05, 0) is 81.2 Å². The second kappa shape index (κ2) is 7.89. The van der Waals surface area contributed by atoms with Gasteiger partial charge in [-0.15, -0.1) is 0 Å². The Morgan fingerprint density at radius 3 is 2.38 bits per heavy atom. The van der Waals surface area contributed by atoms with E-state index in [-0.39, 0.29) is 15.6 Å². The summed E-state index contributed by atoms with van der Waals surface area (Å²) in [4.78, 5) is 0.280. The maximum Gasteiger partial charge on any atom is 0.264 e. The summed E-state index contributed by atoms with van der Waals surface area (Å²) in [7, 11) is -3.83. The second-order valence-corrected chi connectivity index (χ2v) is 10.9. The van der Waals surface area contributed by atoms with Crippen LogP contribution in [0.15, 0.2) is 33.6 Å². The Labute approximate surface area is 186 Å². The monoisotopic (exact) mass is 496 g/mol. The van der Waals surface area contributed by atoms with Crippen LogP contribution in [0.3, 0.4) is 0 Å². The largest absolute Gasteiger partial charge is 0.487 e. The van der Waals surface area contributed by atoms with Crippen molar-refractivity contribution in [2.45, 2.75) is 58.1 Å². The molecular formula is C21H25BrN2O3S2. The summed E-state index contributed by atoms with van der Waals surface area (Å²) in [5, 5.41) is 3.04. The highest BCUT2D eigenvalue weighted by atomic mass is 79.9. The Hall–Kier alpha value is -1.64. The van der Waals surface area contributed by atoms with Gasteiger partial charge in [0.05, 0.1) is 4.90 Å². The first-order chi connectivity index (χ1) is 13.4. The van der Waals surface area contributed by atoms with Crippen LogP contribution in [0.1, 0.15) is 41.7 Å². The van der Waals surface area contributed by atoms with Gasteiger partial charge in [0, 0.05) is 23.0 Å². The molecule has 0 bridgehead atoms. The van der Waals surface area contributed by atoms with Crippen LogP contribution in [0.2, 0.25) is 0 Å². The third-order valence-electron chi connectivity index (χ3n) is 5.15. The fourth-order valence-corrected chi connectivity index (χ4v) is 5.81. The Bertz CT molecular complexity index is 1080. The summed E-state index contributed by atoms with van der Waals surface area (Å²) in [6, 6.07) is 7.73. The average molecular weight is 497 g/mol. The van der Waals surface area contributed by atoms with Crippen LogP contribution < -0.4 is 14.8 Å². The van der Waals surface area contributed by atoms with Crippen LogP contribution in [0, 0.1) is 20.8 Å². The van der Waals surface area contributed by atoms with E-state index in [1.165, 1.54) is 0 Å². The molecule has 0 fully saturated rings. The smallest absolute Gasteiger partial charge is 0.264 e. The van der Waals surface area contributed by atoms with E-state index in [2.05, 4.69) is 26.0 Å². The number of nitrogens with one attached hydrogen (secondary N) is 2. The number of hydrogen-bond acceptors (Lipinski definition) is 4. The average Bonchev–Trinajstić information content (AvgIpc) is 2.95. The molecule has 1 aliphatic rings. The molecule has 0 saturated carbocycles. The van der Waals surface area contributed by atoms with Gasteiger partial charge in [0.15, 0.2) is 5.11 Å². The van der Waals surface area contributed by atoms with Crippen molar-refractivity contribution in [2.75, 3.05) is 0 Å². The van der Waals surface area contributed by atoms with E-state index in [4.69, 9.17) is 17.0 Å². The highest BCUT2D eigenvalue weighted by Gasteiger charge is 2.36. The molecule has 156 valence electrons. The van der Waals surface area contributed by atoms with E-state index in [0.717, 1.165) is 32.5 Å². The maximum atomic E-state index is 13.2. The van der Waals surface area contributed by atoms with E-state index >= 15 is 0 Å². The van der Waals surface area contributed by atoms with E-state index in [0.29, 0.717) is 18.5 Å². The molecule has 0 amide bonds. The van der Waals surface area contributed by atoms with Crippen LogP contribution in [0.4, 0.5) is 0 Å². The Kier molecular flexibility index (Phi) is 6.00. The van der Waals surface area contributed by atoms with Gasteiger partial charge in [0.1, 0.15) is 11.4 Å². The summed E-state index contributed by atoms with van der Waals surface area (Å²) >= 11 is 8.64. The normalized spacial score (nSPS) is 14.8. The summed E-state index contributed by atoms with van der Waals surface area (Å²) < 4.78 is 35.9. The third kappa shape index (κ3) is 4.59. The quantitative estimate of drug-likeness (QED) is 0.612. The molecule has 0 aromatic heterocycles. The SMILES string of the molecule is Cc1c(C)c(S(=O)(=O)NC(=S)NCc2ccc(Br)cc2)c(C)c2c1OC(C)(C)C2. The molecule has 1 heterocycles. The molecule has 0 radical (unpaired) electrons. The molecule has 2 aromatic carbocycles. The summed E-state index contributed by atoms with van der Waals surface area (Å²) in [5.41, 5.74) is 3.85. The molecule has 3 rings (SSSR count). The van der Waals surface area contributed by atoms with E-state index in [1.807, 2.05) is 58.9 Å². The lowest BCUT2D eigenvalue weighted by Gasteiger charge is -2.19. The van der Waals surface area contributed by atoms with Crippen molar-refractivity contribution in [1.82, 2.24) is 10.0 Å². The van der Waals surface area contributed by atoms with Crippen LogP contribution >= 0.6 is 28.1 Å². The molecule has 0 saturated heterocycles. The number of halogens is 1. The topological polar surface area (TPSA) is 67.4 Å². The minimum Gasteiger partial charge on any atom is -0.487 e. The van der Waals surface area contributed by atoms with Crippen LogP contribution in [0.25, 0.3) is 0 Å². The predicted molar refractivity (Wildman–Crippen MR) is 123 cm³/mol.